The van der Waals surface area contributed by atoms with Crippen LogP contribution in [0.5, 0.6) is 5.75 Å². The average Bonchev–Trinajstić information content (AvgIpc) is 2.30. The van der Waals surface area contributed by atoms with Gasteiger partial charge in [0, 0.05) is 25.4 Å². The van der Waals surface area contributed by atoms with E-state index in [1.807, 2.05) is 23.9 Å². The van der Waals surface area contributed by atoms with Crippen molar-refractivity contribution < 1.29 is 10.2 Å². The van der Waals surface area contributed by atoms with Gasteiger partial charge in [-0.3, -0.25) is 0 Å². The Hall–Kier alpha value is -0.710. The monoisotopic (exact) mass is 241 g/mol. The van der Waals surface area contributed by atoms with Crippen LogP contribution in [0.25, 0.3) is 0 Å². The molecule has 0 aliphatic heterocycles. The van der Waals surface area contributed by atoms with Gasteiger partial charge in [0.2, 0.25) is 0 Å². The maximum Gasteiger partial charge on any atom is 0.115 e. The van der Waals surface area contributed by atoms with E-state index in [2.05, 4.69) is 5.32 Å². The Labute approximate surface area is 101 Å². The number of hydrogen-bond donors (Lipinski definition) is 3. The van der Waals surface area contributed by atoms with Crippen LogP contribution in [0, 0.1) is 0 Å². The molecule has 0 spiro atoms. The van der Waals surface area contributed by atoms with Gasteiger partial charge < -0.3 is 15.5 Å². The number of benzene rings is 1. The van der Waals surface area contributed by atoms with E-state index in [0.29, 0.717) is 5.75 Å². The van der Waals surface area contributed by atoms with Gasteiger partial charge in [0.1, 0.15) is 5.75 Å². The number of hydrogen-bond acceptors (Lipinski definition) is 4. The molecular formula is C12H19NO2S. The van der Waals surface area contributed by atoms with Crippen LogP contribution >= 0.6 is 11.8 Å². The number of nitrogens with one attached hydrogen (secondary N) is 1. The van der Waals surface area contributed by atoms with Crippen molar-refractivity contribution in [3.63, 3.8) is 0 Å². The van der Waals surface area contributed by atoms with Gasteiger partial charge >= 0.3 is 0 Å². The predicted octanol–water partition coefficient (Wildman–Crippen LogP) is 1.60. The lowest BCUT2D eigenvalue weighted by Gasteiger charge is -2.04. The van der Waals surface area contributed by atoms with Crippen molar-refractivity contribution in [1.82, 2.24) is 5.32 Å². The molecule has 0 amide bonds. The molecule has 0 atom stereocenters. The quantitative estimate of drug-likeness (QED) is 0.605. The Balaban J connectivity index is 2.01. The third-order valence-electron chi connectivity index (χ3n) is 2.14. The van der Waals surface area contributed by atoms with E-state index in [1.54, 1.807) is 12.1 Å². The SMILES string of the molecule is OCCCSCCNCc1ccc(O)cc1. The number of thioether (sulfide) groups is 1. The molecule has 0 bridgehead atoms. The fraction of sp³-hybridized carbons (Fsp3) is 0.500. The third-order valence-corrected chi connectivity index (χ3v) is 3.21. The summed E-state index contributed by atoms with van der Waals surface area (Å²) in [5, 5.41) is 21.0. The van der Waals surface area contributed by atoms with Gasteiger partial charge in [-0.25, -0.2) is 0 Å². The van der Waals surface area contributed by atoms with Crippen LogP contribution in [0.1, 0.15) is 12.0 Å². The minimum atomic E-state index is 0.286. The first-order valence-electron chi connectivity index (χ1n) is 5.50. The molecule has 0 unspecified atom stereocenters. The van der Waals surface area contributed by atoms with Gasteiger partial charge in [-0.15, -0.1) is 0 Å². The van der Waals surface area contributed by atoms with E-state index in [9.17, 15) is 0 Å². The van der Waals surface area contributed by atoms with E-state index in [4.69, 9.17) is 10.2 Å². The number of aliphatic hydroxyl groups excluding tert-OH is 1. The maximum atomic E-state index is 9.10. The van der Waals surface area contributed by atoms with Crippen LogP contribution in [0.4, 0.5) is 0 Å². The Kier molecular flexibility index (Phi) is 7.05. The van der Waals surface area contributed by atoms with E-state index in [-0.39, 0.29) is 6.61 Å². The summed E-state index contributed by atoms with van der Waals surface area (Å²) >= 11 is 1.85. The minimum absolute atomic E-state index is 0.286. The summed E-state index contributed by atoms with van der Waals surface area (Å²) in [6, 6.07) is 7.24. The highest BCUT2D eigenvalue weighted by molar-refractivity contribution is 7.99. The first-order chi connectivity index (χ1) is 7.83. The van der Waals surface area contributed by atoms with Gasteiger partial charge in [0.05, 0.1) is 0 Å². The van der Waals surface area contributed by atoms with Gasteiger partial charge in [-0.2, -0.15) is 11.8 Å². The van der Waals surface area contributed by atoms with Crippen molar-refractivity contribution in [3.05, 3.63) is 29.8 Å². The summed E-state index contributed by atoms with van der Waals surface area (Å²) in [7, 11) is 0. The van der Waals surface area contributed by atoms with E-state index >= 15 is 0 Å². The summed E-state index contributed by atoms with van der Waals surface area (Å²) in [5.74, 6) is 2.40. The van der Waals surface area contributed by atoms with E-state index < -0.39 is 0 Å². The Bertz CT molecular complexity index is 277. The Morgan fingerprint density at radius 3 is 2.56 bits per heavy atom. The molecule has 16 heavy (non-hydrogen) atoms. The zero-order valence-electron chi connectivity index (χ0n) is 9.35. The summed E-state index contributed by atoms with van der Waals surface area (Å²) in [4.78, 5) is 0. The van der Waals surface area contributed by atoms with Crippen molar-refractivity contribution in [2.75, 3.05) is 24.7 Å². The van der Waals surface area contributed by atoms with Crippen molar-refractivity contribution in [3.8, 4) is 5.75 Å². The molecule has 0 saturated carbocycles. The largest absolute Gasteiger partial charge is 0.508 e. The summed E-state index contributed by atoms with van der Waals surface area (Å²) in [5.41, 5.74) is 1.18. The second-order valence-electron chi connectivity index (χ2n) is 3.53. The first-order valence-corrected chi connectivity index (χ1v) is 6.65. The molecule has 1 rings (SSSR count). The smallest absolute Gasteiger partial charge is 0.115 e. The zero-order chi connectivity index (χ0) is 11.6. The molecule has 3 nitrogen and oxygen atoms in total. The second-order valence-corrected chi connectivity index (χ2v) is 4.76. The maximum absolute atomic E-state index is 9.10. The molecule has 3 N–H and O–H groups in total. The first kappa shape index (κ1) is 13.4. The van der Waals surface area contributed by atoms with Gasteiger partial charge in [0.15, 0.2) is 0 Å². The highest BCUT2D eigenvalue weighted by atomic mass is 32.2. The van der Waals surface area contributed by atoms with Crippen LogP contribution in [-0.4, -0.2) is 34.9 Å². The topological polar surface area (TPSA) is 52.5 Å². The molecule has 0 heterocycles. The highest BCUT2D eigenvalue weighted by Crippen LogP contribution is 2.09. The van der Waals surface area contributed by atoms with Crippen LogP contribution in [0.3, 0.4) is 0 Å². The molecule has 0 fully saturated rings. The van der Waals surface area contributed by atoms with E-state index in [0.717, 1.165) is 31.0 Å². The van der Waals surface area contributed by atoms with Gasteiger partial charge in [-0.05, 0) is 29.9 Å². The molecule has 1 aromatic carbocycles. The van der Waals surface area contributed by atoms with Gasteiger partial charge in [0.25, 0.3) is 0 Å². The lowest BCUT2D eigenvalue weighted by molar-refractivity contribution is 0.296. The number of rotatable bonds is 8. The van der Waals surface area contributed by atoms with Crippen LogP contribution < -0.4 is 5.32 Å². The van der Waals surface area contributed by atoms with Crippen LogP contribution in [0.2, 0.25) is 0 Å². The fourth-order valence-corrected chi connectivity index (χ4v) is 2.09. The van der Waals surface area contributed by atoms with Crippen LogP contribution in [0.15, 0.2) is 24.3 Å². The number of aliphatic hydroxyl groups is 1. The fourth-order valence-electron chi connectivity index (χ4n) is 1.26. The molecule has 0 aliphatic rings. The number of phenols is 1. The molecule has 4 heteroatoms. The van der Waals surface area contributed by atoms with Crippen LogP contribution in [-0.2, 0) is 6.54 Å². The molecule has 1 aromatic rings. The Morgan fingerprint density at radius 2 is 1.88 bits per heavy atom. The molecule has 0 radical (unpaired) electrons. The van der Waals surface area contributed by atoms with E-state index in [1.165, 1.54) is 5.56 Å². The van der Waals surface area contributed by atoms with Crippen molar-refractivity contribution in [1.29, 1.82) is 0 Å². The normalized spacial score (nSPS) is 10.6. The summed E-state index contributed by atoms with van der Waals surface area (Å²) < 4.78 is 0. The third kappa shape index (κ3) is 6.00. The number of phenolic OH excluding ortho intramolecular Hbond substituents is 1. The highest BCUT2D eigenvalue weighted by Gasteiger charge is 1.93. The lowest BCUT2D eigenvalue weighted by atomic mass is 10.2. The zero-order valence-corrected chi connectivity index (χ0v) is 10.2. The van der Waals surface area contributed by atoms with Crippen molar-refractivity contribution >= 4 is 11.8 Å². The number of aromatic hydroxyl groups is 1. The minimum Gasteiger partial charge on any atom is -0.508 e. The summed E-state index contributed by atoms with van der Waals surface area (Å²) in [6.45, 7) is 2.09. The molecular weight excluding hydrogens is 222 g/mol. The van der Waals surface area contributed by atoms with Gasteiger partial charge in [-0.1, -0.05) is 12.1 Å². The molecule has 0 saturated heterocycles. The molecule has 90 valence electrons. The lowest BCUT2D eigenvalue weighted by Crippen LogP contribution is -2.16. The standard InChI is InChI=1S/C12H19NO2S/c14-7-1-8-16-9-6-13-10-11-2-4-12(15)5-3-11/h2-5,13-15H,1,6-10H2. The summed E-state index contributed by atoms with van der Waals surface area (Å²) in [6.07, 6.45) is 0.878. The average molecular weight is 241 g/mol. The molecule has 0 aromatic heterocycles. The molecule has 0 aliphatic carbocycles. The predicted molar refractivity (Wildman–Crippen MR) is 68.8 cm³/mol. The van der Waals surface area contributed by atoms with Crippen molar-refractivity contribution in [2.24, 2.45) is 0 Å². The second kappa shape index (κ2) is 8.44. The Morgan fingerprint density at radius 1 is 1.12 bits per heavy atom. The van der Waals surface area contributed by atoms with Crippen molar-refractivity contribution in [2.45, 2.75) is 13.0 Å².